The number of aliphatic hydroxyl groups is 1. The third kappa shape index (κ3) is 2.69. The lowest BCUT2D eigenvalue weighted by atomic mass is 9.87. The number of fused-ring (bicyclic) bond motifs is 1. The monoisotopic (exact) mass is 270 g/mol. The fourth-order valence-electron chi connectivity index (χ4n) is 3.29. The van der Waals surface area contributed by atoms with E-state index in [0.717, 1.165) is 31.4 Å². The highest BCUT2D eigenvalue weighted by Crippen LogP contribution is 2.36. The van der Waals surface area contributed by atoms with E-state index in [1.54, 1.807) is 0 Å². The number of aromatic nitrogens is 1. The SMILES string of the molecule is OCC1(CNCc2cccc3cccnc23)CCCC1. The van der Waals surface area contributed by atoms with Gasteiger partial charge in [-0.2, -0.15) is 0 Å². The van der Waals surface area contributed by atoms with Crippen molar-refractivity contribution >= 4 is 10.9 Å². The van der Waals surface area contributed by atoms with Crippen molar-refractivity contribution in [1.29, 1.82) is 0 Å². The minimum atomic E-state index is 0.109. The molecule has 3 nitrogen and oxygen atoms in total. The van der Waals surface area contributed by atoms with Crippen LogP contribution in [0.1, 0.15) is 31.2 Å². The Morgan fingerprint density at radius 1 is 1.15 bits per heavy atom. The van der Waals surface area contributed by atoms with Crippen LogP contribution in [0.2, 0.25) is 0 Å². The molecule has 1 fully saturated rings. The molecule has 106 valence electrons. The third-order valence-electron chi connectivity index (χ3n) is 4.53. The molecule has 0 amide bonds. The lowest BCUT2D eigenvalue weighted by molar-refractivity contribution is 0.128. The van der Waals surface area contributed by atoms with Crippen LogP contribution in [0.5, 0.6) is 0 Å². The van der Waals surface area contributed by atoms with E-state index >= 15 is 0 Å². The van der Waals surface area contributed by atoms with Crippen molar-refractivity contribution in [3.63, 3.8) is 0 Å². The van der Waals surface area contributed by atoms with Gasteiger partial charge >= 0.3 is 0 Å². The average molecular weight is 270 g/mol. The Labute approximate surface area is 120 Å². The maximum Gasteiger partial charge on any atom is 0.0746 e. The number of para-hydroxylation sites is 1. The molecule has 0 spiro atoms. The molecule has 0 unspecified atom stereocenters. The predicted molar refractivity (Wildman–Crippen MR) is 81.4 cm³/mol. The summed E-state index contributed by atoms with van der Waals surface area (Å²) < 4.78 is 0. The first-order valence-corrected chi connectivity index (χ1v) is 7.47. The number of nitrogens with zero attached hydrogens (tertiary/aromatic N) is 1. The Bertz CT molecular complexity index is 571. The molecule has 3 rings (SSSR count). The fourth-order valence-corrected chi connectivity index (χ4v) is 3.29. The summed E-state index contributed by atoms with van der Waals surface area (Å²) >= 11 is 0. The first-order chi connectivity index (χ1) is 9.83. The molecule has 1 aliphatic rings. The summed E-state index contributed by atoms with van der Waals surface area (Å²) in [7, 11) is 0. The summed E-state index contributed by atoms with van der Waals surface area (Å²) in [5, 5.41) is 14.3. The van der Waals surface area contributed by atoms with Crippen molar-refractivity contribution in [2.24, 2.45) is 5.41 Å². The van der Waals surface area contributed by atoms with Crippen LogP contribution in [0, 0.1) is 5.41 Å². The molecule has 1 aromatic carbocycles. The van der Waals surface area contributed by atoms with Gasteiger partial charge in [0, 0.05) is 36.7 Å². The van der Waals surface area contributed by atoms with Gasteiger partial charge < -0.3 is 10.4 Å². The van der Waals surface area contributed by atoms with Crippen LogP contribution in [-0.2, 0) is 6.54 Å². The van der Waals surface area contributed by atoms with Gasteiger partial charge in [0.2, 0.25) is 0 Å². The number of rotatable bonds is 5. The van der Waals surface area contributed by atoms with E-state index in [0.29, 0.717) is 6.61 Å². The van der Waals surface area contributed by atoms with Crippen LogP contribution in [0.15, 0.2) is 36.5 Å². The van der Waals surface area contributed by atoms with Gasteiger partial charge in [0.1, 0.15) is 0 Å². The second-order valence-corrected chi connectivity index (χ2v) is 5.96. The Morgan fingerprint density at radius 3 is 2.75 bits per heavy atom. The van der Waals surface area contributed by atoms with E-state index in [1.807, 2.05) is 12.3 Å². The smallest absolute Gasteiger partial charge is 0.0746 e. The van der Waals surface area contributed by atoms with Gasteiger partial charge in [0.15, 0.2) is 0 Å². The Morgan fingerprint density at radius 2 is 1.95 bits per heavy atom. The molecule has 0 radical (unpaired) electrons. The second-order valence-electron chi connectivity index (χ2n) is 5.96. The predicted octanol–water partition coefficient (Wildman–Crippen LogP) is 2.88. The van der Waals surface area contributed by atoms with Crippen LogP contribution >= 0.6 is 0 Å². The molecule has 0 atom stereocenters. The number of hydrogen-bond acceptors (Lipinski definition) is 3. The molecule has 2 aromatic rings. The maximum atomic E-state index is 9.63. The van der Waals surface area contributed by atoms with E-state index in [-0.39, 0.29) is 5.41 Å². The molecule has 0 saturated heterocycles. The van der Waals surface area contributed by atoms with Crippen LogP contribution < -0.4 is 5.32 Å². The van der Waals surface area contributed by atoms with E-state index in [9.17, 15) is 5.11 Å². The first-order valence-electron chi connectivity index (χ1n) is 7.47. The molecule has 1 aliphatic carbocycles. The number of pyridine rings is 1. The lowest BCUT2D eigenvalue weighted by Crippen LogP contribution is -2.34. The lowest BCUT2D eigenvalue weighted by Gasteiger charge is -2.26. The maximum absolute atomic E-state index is 9.63. The number of aliphatic hydroxyl groups excluding tert-OH is 1. The second kappa shape index (κ2) is 5.90. The standard InChI is InChI=1S/C17H22N2O/c20-13-17(8-1-2-9-17)12-18-11-15-6-3-5-14-7-4-10-19-16(14)15/h3-7,10,18,20H,1-2,8-9,11-13H2. The highest BCUT2D eigenvalue weighted by molar-refractivity contribution is 5.81. The van der Waals surface area contributed by atoms with E-state index in [4.69, 9.17) is 0 Å². The van der Waals surface area contributed by atoms with Gasteiger partial charge in [-0.05, 0) is 24.5 Å². The summed E-state index contributed by atoms with van der Waals surface area (Å²) in [6.07, 6.45) is 6.63. The van der Waals surface area contributed by atoms with Gasteiger partial charge in [0.25, 0.3) is 0 Å². The molecule has 3 heteroatoms. The molecule has 2 N–H and O–H groups in total. The van der Waals surface area contributed by atoms with Crippen LogP contribution in [0.25, 0.3) is 10.9 Å². The largest absolute Gasteiger partial charge is 0.396 e. The number of benzene rings is 1. The Hall–Kier alpha value is -1.45. The van der Waals surface area contributed by atoms with Crippen LogP contribution in [0.3, 0.4) is 0 Å². The molecular formula is C17H22N2O. The van der Waals surface area contributed by atoms with Gasteiger partial charge in [0.05, 0.1) is 5.52 Å². The van der Waals surface area contributed by atoms with Crippen molar-refractivity contribution in [2.75, 3.05) is 13.2 Å². The van der Waals surface area contributed by atoms with Crippen LogP contribution in [-0.4, -0.2) is 23.2 Å². The van der Waals surface area contributed by atoms with Crippen molar-refractivity contribution in [3.8, 4) is 0 Å². The summed E-state index contributed by atoms with van der Waals surface area (Å²) in [5.74, 6) is 0. The first kappa shape index (κ1) is 13.5. The molecule has 0 bridgehead atoms. The van der Waals surface area contributed by atoms with Gasteiger partial charge in [-0.1, -0.05) is 37.1 Å². The van der Waals surface area contributed by atoms with Crippen LogP contribution in [0.4, 0.5) is 0 Å². The molecule has 0 aliphatic heterocycles. The molecular weight excluding hydrogens is 248 g/mol. The molecule has 1 heterocycles. The highest BCUT2D eigenvalue weighted by Gasteiger charge is 2.32. The Kier molecular flexibility index (Phi) is 3.99. The quantitative estimate of drug-likeness (QED) is 0.878. The molecule has 20 heavy (non-hydrogen) atoms. The highest BCUT2D eigenvalue weighted by atomic mass is 16.3. The van der Waals surface area contributed by atoms with E-state index in [1.165, 1.54) is 23.8 Å². The summed E-state index contributed by atoms with van der Waals surface area (Å²) in [6.45, 7) is 2.01. The summed E-state index contributed by atoms with van der Waals surface area (Å²) in [6, 6.07) is 10.4. The number of hydrogen-bond donors (Lipinski definition) is 2. The van der Waals surface area contributed by atoms with Gasteiger partial charge in [-0.15, -0.1) is 0 Å². The molecule has 1 aromatic heterocycles. The fraction of sp³-hybridized carbons (Fsp3) is 0.471. The van der Waals surface area contributed by atoms with Crippen molar-refractivity contribution < 1.29 is 5.11 Å². The van der Waals surface area contributed by atoms with E-state index < -0.39 is 0 Å². The van der Waals surface area contributed by atoms with Crippen molar-refractivity contribution in [1.82, 2.24) is 10.3 Å². The number of nitrogens with one attached hydrogen (secondary N) is 1. The zero-order valence-electron chi connectivity index (χ0n) is 11.8. The minimum Gasteiger partial charge on any atom is -0.396 e. The summed E-state index contributed by atoms with van der Waals surface area (Å²) in [5.41, 5.74) is 2.42. The average Bonchev–Trinajstić information content (AvgIpc) is 2.97. The summed E-state index contributed by atoms with van der Waals surface area (Å²) in [4.78, 5) is 4.48. The zero-order chi connectivity index (χ0) is 13.8. The van der Waals surface area contributed by atoms with Gasteiger partial charge in [-0.3, -0.25) is 4.98 Å². The van der Waals surface area contributed by atoms with E-state index in [2.05, 4.69) is 34.6 Å². The Balaban J connectivity index is 1.68. The topological polar surface area (TPSA) is 45.1 Å². The van der Waals surface area contributed by atoms with Crippen molar-refractivity contribution in [2.45, 2.75) is 32.2 Å². The zero-order valence-corrected chi connectivity index (χ0v) is 11.8. The van der Waals surface area contributed by atoms with Crippen molar-refractivity contribution in [3.05, 3.63) is 42.1 Å². The third-order valence-corrected chi connectivity index (χ3v) is 4.53. The van der Waals surface area contributed by atoms with Gasteiger partial charge in [-0.25, -0.2) is 0 Å². The molecule has 1 saturated carbocycles. The minimum absolute atomic E-state index is 0.109. The normalized spacial score (nSPS) is 17.6.